The summed E-state index contributed by atoms with van der Waals surface area (Å²) in [5.74, 6) is -8.20. The van der Waals surface area contributed by atoms with Gasteiger partial charge in [-0.15, -0.1) is 0 Å². The average molecular weight is 430 g/mol. The van der Waals surface area contributed by atoms with Crippen LogP contribution in [-0.4, -0.2) is 79.7 Å². The molecule has 1 amide bonds. The van der Waals surface area contributed by atoms with E-state index < -0.39 is 69.7 Å². The standard InChI is InChI=1S/C21H22N2O8/c1-23(2)14-13-15(25)8-6-7-4-3-5-9(24)10(7)16(26)11(8)18(28)21(13,31)19(29)12(17(14)27)20(22)30/h3-5,8,13-15,24-26,29,31H,6H2,1-2H3,(H2,22,30). The Labute approximate surface area is 176 Å². The summed E-state index contributed by atoms with van der Waals surface area (Å²) in [5, 5.41) is 54.3. The molecule has 0 saturated heterocycles. The van der Waals surface area contributed by atoms with Crippen molar-refractivity contribution in [3.05, 3.63) is 46.2 Å². The summed E-state index contributed by atoms with van der Waals surface area (Å²) < 4.78 is 0. The van der Waals surface area contributed by atoms with Gasteiger partial charge in [0.05, 0.1) is 23.6 Å². The van der Waals surface area contributed by atoms with Gasteiger partial charge in [-0.1, -0.05) is 12.1 Å². The lowest BCUT2D eigenvalue weighted by atomic mass is 9.56. The molecule has 0 heterocycles. The highest BCUT2D eigenvalue weighted by Gasteiger charge is 2.67. The van der Waals surface area contributed by atoms with Gasteiger partial charge in [-0.05, 0) is 32.1 Å². The molecule has 1 aromatic carbocycles. The molecule has 1 fully saturated rings. The maximum Gasteiger partial charge on any atom is 0.255 e. The van der Waals surface area contributed by atoms with Crippen molar-refractivity contribution in [2.45, 2.75) is 24.2 Å². The van der Waals surface area contributed by atoms with E-state index in [2.05, 4.69) is 0 Å². The van der Waals surface area contributed by atoms with Crippen LogP contribution in [0.5, 0.6) is 5.75 Å². The van der Waals surface area contributed by atoms with Crippen molar-refractivity contribution in [1.82, 2.24) is 4.90 Å². The molecule has 7 N–H and O–H groups in total. The Kier molecular flexibility index (Phi) is 4.51. The van der Waals surface area contributed by atoms with E-state index in [0.29, 0.717) is 5.56 Å². The van der Waals surface area contributed by atoms with Gasteiger partial charge in [0.25, 0.3) is 5.91 Å². The number of likely N-dealkylation sites (N-methyl/N-ethyl adjacent to an activating group) is 1. The van der Waals surface area contributed by atoms with Crippen molar-refractivity contribution >= 4 is 23.2 Å². The Morgan fingerprint density at radius 3 is 2.42 bits per heavy atom. The van der Waals surface area contributed by atoms with E-state index in [1.54, 1.807) is 12.1 Å². The first-order chi connectivity index (χ1) is 14.4. The summed E-state index contributed by atoms with van der Waals surface area (Å²) in [6, 6.07) is 3.11. The predicted octanol–water partition coefficient (Wildman–Crippen LogP) is -1.07. The fraction of sp³-hybridized carbons (Fsp3) is 0.381. The molecule has 164 valence electrons. The summed E-state index contributed by atoms with van der Waals surface area (Å²) in [4.78, 5) is 39.7. The van der Waals surface area contributed by atoms with Gasteiger partial charge >= 0.3 is 0 Å². The second-order valence-corrected chi connectivity index (χ2v) is 8.36. The monoisotopic (exact) mass is 430 g/mol. The molecule has 0 bridgehead atoms. The van der Waals surface area contributed by atoms with Gasteiger partial charge in [-0.2, -0.15) is 0 Å². The number of fused-ring (bicyclic) bond motifs is 3. The molecule has 1 saturated carbocycles. The average Bonchev–Trinajstić information content (AvgIpc) is 2.67. The molecule has 3 aliphatic rings. The first kappa shape index (κ1) is 21.0. The number of aliphatic hydroxyl groups excluding tert-OH is 3. The summed E-state index contributed by atoms with van der Waals surface area (Å²) in [6.45, 7) is 0. The van der Waals surface area contributed by atoms with E-state index in [1.165, 1.54) is 25.1 Å². The lowest BCUT2D eigenvalue weighted by Crippen LogP contribution is -2.70. The minimum atomic E-state index is -2.88. The van der Waals surface area contributed by atoms with Gasteiger partial charge in [0, 0.05) is 11.5 Å². The molecule has 5 atom stereocenters. The van der Waals surface area contributed by atoms with Crippen molar-refractivity contribution in [2.75, 3.05) is 14.1 Å². The zero-order valence-electron chi connectivity index (χ0n) is 16.7. The molecule has 0 aromatic heterocycles. The van der Waals surface area contributed by atoms with E-state index in [9.17, 15) is 39.9 Å². The number of benzene rings is 1. The van der Waals surface area contributed by atoms with Crippen molar-refractivity contribution in [3.63, 3.8) is 0 Å². The molecular weight excluding hydrogens is 408 g/mol. The number of ketones is 2. The van der Waals surface area contributed by atoms with E-state index in [0.717, 1.165) is 0 Å². The summed E-state index contributed by atoms with van der Waals surface area (Å²) >= 11 is 0. The fourth-order valence-corrected chi connectivity index (χ4v) is 5.19. The van der Waals surface area contributed by atoms with E-state index in [4.69, 9.17) is 5.73 Å². The quantitative estimate of drug-likeness (QED) is 0.318. The third-order valence-corrected chi connectivity index (χ3v) is 6.54. The highest BCUT2D eigenvalue weighted by atomic mass is 16.4. The summed E-state index contributed by atoms with van der Waals surface area (Å²) in [7, 11) is 2.91. The van der Waals surface area contributed by atoms with Crippen molar-refractivity contribution in [1.29, 1.82) is 0 Å². The number of carbonyl (C=O) groups is 3. The second-order valence-electron chi connectivity index (χ2n) is 8.36. The van der Waals surface area contributed by atoms with Crippen LogP contribution in [0.25, 0.3) is 5.76 Å². The van der Waals surface area contributed by atoms with E-state index in [1.807, 2.05) is 0 Å². The fourth-order valence-electron chi connectivity index (χ4n) is 5.19. The number of phenolic OH excluding ortho intramolecular Hbond substituents is 1. The Balaban J connectivity index is 2.03. The van der Waals surface area contributed by atoms with Crippen LogP contribution in [0.1, 0.15) is 11.1 Å². The lowest BCUT2D eigenvalue weighted by molar-refractivity contribution is -0.168. The van der Waals surface area contributed by atoms with Crippen LogP contribution < -0.4 is 5.73 Å². The van der Waals surface area contributed by atoms with Crippen molar-refractivity contribution < 1.29 is 39.9 Å². The topological polar surface area (TPSA) is 182 Å². The number of rotatable bonds is 2. The smallest absolute Gasteiger partial charge is 0.255 e. The van der Waals surface area contributed by atoms with Gasteiger partial charge in [0.2, 0.25) is 5.78 Å². The number of amides is 1. The Morgan fingerprint density at radius 1 is 1.19 bits per heavy atom. The van der Waals surface area contributed by atoms with Crippen molar-refractivity contribution in [2.24, 2.45) is 17.6 Å². The van der Waals surface area contributed by atoms with Gasteiger partial charge in [0.1, 0.15) is 22.8 Å². The molecule has 10 heteroatoms. The van der Waals surface area contributed by atoms with Crippen LogP contribution in [0, 0.1) is 11.8 Å². The minimum absolute atomic E-state index is 0.0222. The number of primary amides is 1. The molecule has 1 aromatic rings. The zero-order chi connectivity index (χ0) is 23.0. The molecule has 0 spiro atoms. The molecule has 0 aliphatic heterocycles. The molecule has 4 rings (SSSR count). The third kappa shape index (κ3) is 2.52. The number of Topliss-reactive ketones (excluding diaryl/α,β-unsaturated/α-hetero) is 2. The number of nitrogens with two attached hydrogens (primary N) is 1. The third-order valence-electron chi connectivity index (χ3n) is 6.54. The maximum absolute atomic E-state index is 13.5. The van der Waals surface area contributed by atoms with Crippen LogP contribution in [0.4, 0.5) is 0 Å². The minimum Gasteiger partial charge on any atom is -0.508 e. The van der Waals surface area contributed by atoms with E-state index >= 15 is 0 Å². The van der Waals surface area contributed by atoms with Gasteiger partial charge in [0.15, 0.2) is 11.4 Å². The molecule has 10 nitrogen and oxygen atoms in total. The van der Waals surface area contributed by atoms with Crippen LogP contribution in [0.3, 0.4) is 0 Å². The largest absolute Gasteiger partial charge is 0.508 e. The van der Waals surface area contributed by atoms with Crippen LogP contribution >= 0.6 is 0 Å². The molecule has 3 aliphatic carbocycles. The maximum atomic E-state index is 13.5. The molecular formula is C21H22N2O8. The van der Waals surface area contributed by atoms with Gasteiger partial charge in [-0.3, -0.25) is 19.3 Å². The number of phenols is 1. The van der Waals surface area contributed by atoms with Crippen molar-refractivity contribution in [3.8, 4) is 5.75 Å². The summed E-state index contributed by atoms with van der Waals surface area (Å²) in [5.41, 5.74) is 1.46. The lowest BCUT2D eigenvalue weighted by Gasteiger charge is -2.52. The number of carbonyl (C=O) groups excluding carboxylic acids is 3. The first-order valence-corrected chi connectivity index (χ1v) is 9.58. The SMILES string of the molecule is CN(C)C1C(=O)C(C(N)=O)=C(O)C2(O)C(=O)C3=C(O)c4c(O)cccc4CC3C(O)C12. The summed E-state index contributed by atoms with van der Waals surface area (Å²) in [6.07, 6.45) is -1.53. The Bertz CT molecular complexity index is 1100. The van der Waals surface area contributed by atoms with E-state index in [-0.39, 0.29) is 17.7 Å². The number of aliphatic hydroxyl groups is 4. The predicted molar refractivity (Wildman–Crippen MR) is 106 cm³/mol. The van der Waals surface area contributed by atoms with Crippen LogP contribution in [-0.2, 0) is 20.8 Å². The van der Waals surface area contributed by atoms with Crippen LogP contribution in [0.2, 0.25) is 0 Å². The highest BCUT2D eigenvalue weighted by Crippen LogP contribution is 2.52. The molecule has 5 unspecified atom stereocenters. The van der Waals surface area contributed by atoms with Gasteiger partial charge in [-0.25, -0.2) is 0 Å². The van der Waals surface area contributed by atoms with Gasteiger partial charge < -0.3 is 31.3 Å². The zero-order valence-corrected chi connectivity index (χ0v) is 16.7. The number of hydrogen-bond donors (Lipinski definition) is 6. The number of aromatic hydroxyl groups is 1. The normalized spacial score (nSPS) is 32.7. The molecule has 31 heavy (non-hydrogen) atoms. The number of hydrogen-bond acceptors (Lipinski definition) is 9. The highest BCUT2D eigenvalue weighted by molar-refractivity contribution is 6.24. The van der Waals surface area contributed by atoms with Crippen LogP contribution in [0.15, 0.2) is 35.1 Å². The second kappa shape index (κ2) is 6.64. The molecule has 0 radical (unpaired) electrons. The first-order valence-electron chi connectivity index (χ1n) is 9.58. The number of nitrogens with zero attached hydrogens (tertiary/aromatic N) is 1. The Morgan fingerprint density at radius 2 is 1.84 bits per heavy atom. The Hall–Kier alpha value is -3.21.